The van der Waals surface area contributed by atoms with Crippen LogP contribution in [0.4, 0.5) is 0 Å². The predicted molar refractivity (Wildman–Crippen MR) is 135 cm³/mol. The molecule has 4 aromatic rings. The zero-order valence-electron chi connectivity index (χ0n) is 19.2. The van der Waals surface area contributed by atoms with Gasteiger partial charge in [-0.05, 0) is 72.3 Å². The molecule has 4 heterocycles. The standard InChI is InChI=1S/C25H25BrN4O4S/c1-16-4-2-3-5-22(16)35(31,32)30-23(26)14-19-20(8-11-27-25(19)30)34-21-15-29(18-6-7-18)28-24(21)17-9-12-33-13-10-17/h2-5,8,11,14-15,17-18H,6-7,9-10,12-13H2,1H3. The van der Waals surface area contributed by atoms with Gasteiger partial charge in [0.15, 0.2) is 11.4 Å². The van der Waals surface area contributed by atoms with Crippen LogP contribution in [0.1, 0.15) is 48.9 Å². The van der Waals surface area contributed by atoms with Crippen LogP contribution in [0.2, 0.25) is 0 Å². The molecule has 0 N–H and O–H groups in total. The Balaban J connectivity index is 1.43. The number of rotatable bonds is 6. The molecule has 1 aliphatic heterocycles. The fourth-order valence-electron chi connectivity index (χ4n) is 4.65. The Labute approximate surface area is 212 Å². The molecule has 182 valence electrons. The summed E-state index contributed by atoms with van der Waals surface area (Å²) in [5.74, 6) is 1.52. The summed E-state index contributed by atoms with van der Waals surface area (Å²) in [6, 6.07) is 10.9. The van der Waals surface area contributed by atoms with E-state index in [1.807, 2.05) is 16.9 Å². The van der Waals surface area contributed by atoms with Crippen molar-refractivity contribution >= 4 is 37.0 Å². The van der Waals surface area contributed by atoms with Gasteiger partial charge in [0.05, 0.1) is 22.5 Å². The molecule has 10 heteroatoms. The fourth-order valence-corrected chi connectivity index (χ4v) is 7.20. The Morgan fingerprint density at radius 3 is 2.60 bits per heavy atom. The van der Waals surface area contributed by atoms with Gasteiger partial charge in [-0.1, -0.05) is 18.2 Å². The molecule has 0 amide bonds. The number of pyridine rings is 1. The topological polar surface area (TPSA) is 88.2 Å². The Morgan fingerprint density at radius 2 is 1.86 bits per heavy atom. The summed E-state index contributed by atoms with van der Waals surface area (Å²) >= 11 is 3.45. The predicted octanol–water partition coefficient (Wildman–Crippen LogP) is 5.56. The molecule has 0 unspecified atom stereocenters. The van der Waals surface area contributed by atoms with E-state index in [1.165, 1.54) is 3.97 Å². The Hall–Kier alpha value is -2.69. The first-order valence-corrected chi connectivity index (χ1v) is 14.0. The highest BCUT2D eigenvalue weighted by Crippen LogP contribution is 2.42. The number of aryl methyl sites for hydroxylation is 1. The number of aromatic nitrogens is 4. The summed E-state index contributed by atoms with van der Waals surface area (Å²) in [5, 5.41) is 5.50. The summed E-state index contributed by atoms with van der Waals surface area (Å²) in [4.78, 5) is 4.65. The van der Waals surface area contributed by atoms with Gasteiger partial charge in [0.25, 0.3) is 10.0 Å². The first-order chi connectivity index (χ1) is 16.9. The highest BCUT2D eigenvalue weighted by molar-refractivity contribution is 9.10. The molecule has 1 aliphatic carbocycles. The van der Waals surface area contributed by atoms with Gasteiger partial charge in [0, 0.05) is 25.3 Å². The van der Waals surface area contributed by atoms with Gasteiger partial charge in [-0.25, -0.2) is 17.4 Å². The molecule has 35 heavy (non-hydrogen) atoms. The lowest BCUT2D eigenvalue weighted by molar-refractivity contribution is 0.0839. The van der Waals surface area contributed by atoms with E-state index in [1.54, 1.807) is 43.5 Å². The van der Waals surface area contributed by atoms with Crippen LogP contribution < -0.4 is 4.74 Å². The Kier molecular flexibility index (Phi) is 5.69. The van der Waals surface area contributed by atoms with Crippen molar-refractivity contribution in [3.05, 3.63) is 64.7 Å². The first-order valence-electron chi connectivity index (χ1n) is 11.8. The maximum Gasteiger partial charge on any atom is 0.270 e. The molecule has 3 aromatic heterocycles. The fraction of sp³-hybridized carbons (Fsp3) is 0.360. The van der Waals surface area contributed by atoms with Crippen molar-refractivity contribution < 1.29 is 17.9 Å². The third kappa shape index (κ3) is 4.07. The number of hydrogen-bond donors (Lipinski definition) is 0. The second-order valence-electron chi connectivity index (χ2n) is 9.13. The quantitative estimate of drug-likeness (QED) is 0.309. The van der Waals surface area contributed by atoms with Gasteiger partial charge >= 0.3 is 0 Å². The zero-order chi connectivity index (χ0) is 24.2. The molecule has 1 saturated carbocycles. The Morgan fingerprint density at radius 1 is 1.09 bits per heavy atom. The second-order valence-corrected chi connectivity index (χ2v) is 11.7. The van der Waals surface area contributed by atoms with E-state index >= 15 is 0 Å². The molecule has 0 radical (unpaired) electrons. The molecule has 1 saturated heterocycles. The average Bonchev–Trinajstić information content (AvgIpc) is 3.52. The van der Waals surface area contributed by atoms with Crippen LogP contribution in [0.15, 0.2) is 58.3 Å². The zero-order valence-corrected chi connectivity index (χ0v) is 21.6. The van der Waals surface area contributed by atoms with Crippen LogP contribution in [0.25, 0.3) is 11.0 Å². The second kappa shape index (κ2) is 8.76. The van der Waals surface area contributed by atoms with Gasteiger partial charge < -0.3 is 9.47 Å². The molecule has 0 spiro atoms. The maximum absolute atomic E-state index is 13.6. The van der Waals surface area contributed by atoms with Gasteiger partial charge in [-0.15, -0.1) is 0 Å². The van der Waals surface area contributed by atoms with Gasteiger partial charge in [0.2, 0.25) is 0 Å². The van der Waals surface area contributed by atoms with Gasteiger partial charge in [0.1, 0.15) is 16.0 Å². The summed E-state index contributed by atoms with van der Waals surface area (Å²) in [5.41, 5.74) is 1.92. The van der Waals surface area contributed by atoms with Crippen molar-refractivity contribution in [1.82, 2.24) is 18.7 Å². The smallest absolute Gasteiger partial charge is 0.270 e. The van der Waals surface area contributed by atoms with Crippen LogP contribution in [0, 0.1) is 6.92 Å². The van der Waals surface area contributed by atoms with Crippen LogP contribution in [0.5, 0.6) is 11.5 Å². The lowest BCUT2D eigenvalue weighted by atomic mass is 9.96. The van der Waals surface area contributed by atoms with E-state index < -0.39 is 10.0 Å². The van der Waals surface area contributed by atoms with Crippen molar-refractivity contribution in [1.29, 1.82) is 0 Å². The third-order valence-corrected chi connectivity index (χ3v) is 9.35. The number of fused-ring (bicyclic) bond motifs is 1. The number of halogens is 1. The van der Waals surface area contributed by atoms with E-state index in [0.717, 1.165) is 31.4 Å². The molecule has 2 aliphatic rings. The third-order valence-electron chi connectivity index (χ3n) is 6.66. The molecule has 2 fully saturated rings. The van der Waals surface area contributed by atoms with Crippen molar-refractivity contribution in [3.63, 3.8) is 0 Å². The van der Waals surface area contributed by atoms with E-state index in [4.69, 9.17) is 14.6 Å². The monoisotopic (exact) mass is 556 g/mol. The minimum Gasteiger partial charge on any atom is -0.453 e. The van der Waals surface area contributed by atoms with Crippen LogP contribution >= 0.6 is 15.9 Å². The minimum atomic E-state index is -3.88. The highest BCUT2D eigenvalue weighted by Gasteiger charge is 2.31. The SMILES string of the molecule is Cc1ccccc1S(=O)(=O)n1c(Br)cc2c(Oc3cn(C4CC4)nc3C3CCOCC3)ccnc21. The van der Waals surface area contributed by atoms with Gasteiger partial charge in [-0.2, -0.15) is 5.10 Å². The first kappa shape index (κ1) is 22.8. The number of ether oxygens (including phenoxy) is 2. The summed E-state index contributed by atoms with van der Waals surface area (Å²) in [7, 11) is -3.88. The van der Waals surface area contributed by atoms with Crippen molar-refractivity contribution in [3.8, 4) is 11.5 Å². The van der Waals surface area contributed by atoms with E-state index in [2.05, 4.69) is 20.9 Å². The van der Waals surface area contributed by atoms with Crippen molar-refractivity contribution in [2.45, 2.75) is 49.5 Å². The van der Waals surface area contributed by atoms with Gasteiger partial charge in [-0.3, -0.25) is 4.68 Å². The largest absolute Gasteiger partial charge is 0.453 e. The summed E-state index contributed by atoms with van der Waals surface area (Å²) < 4.78 is 42.8. The molecule has 0 atom stereocenters. The molecule has 1 aromatic carbocycles. The molecule has 0 bridgehead atoms. The van der Waals surface area contributed by atoms with E-state index in [-0.39, 0.29) is 10.8 Å². The molecule has 6 rings (SSSR count). The highest BCUT2D eigenvalue weighted by atomic mass is 79.9. The van der Waals surface area contributed by atoms with Crippen LogP contribution in [-0.4, -0.2) is 40.4 Å². The van der Waals surface area contributed by atoms with E-state index in [0.29, 0.717) is 52.0 Å². The lowest BCUT2D eigenvalue weighted by Crippen LogP contribution is -2.15. The average molecular weight is 557 g/mol. The molecular weight excluding hydrogens is 532 g/mol. The van der Waals surface area contributed by atoms with E-state index in [9.17, 15) is 8.42 Å². The van der Waals surface area contributed by atoms with Crippen LogP contribution in [-0.2, 0) is 14.8 Å². The lowest BCUT2D eigenvalue weighted by Gasteiger charge is -2.21. The van der Waals surface area contributed by atoms with Crippen LogP contribution in [0.3, 0.4) is 0 Å². The molecule has 8 nitrogen and oxygen atoms in total. The number of nitrogens with zero attached hydrogens (tertiary/aromatic N) is 4. The normalized spacial score (nSPS) is 17.2. The minimum absolute atomic E-state index is 0.235. The Bertz CT molecular complexity index is 1520. The summed E-state index contributed by atoms with van der Waals surface area (Å²) in [6.07, 6.45) is 7.61. The van der Waals surface area contributed by atoms with Crippen molar-refractivity contribution in [2.24, 2.45) is 0 Å². The maximum atomic E-state index is 13.6. The number of hydrogen-bond acceptors (Lipinski definition) is 6. The summed E-state index contributed by atoms with van der Waals surface area (Å²) in [6.45, 7) is 3.21. The van der Waals surface area contributed by atoms with Crippen molar-refractivity contribution in [2.75, 3.05) is 13.2 Å². The number of benzene rings is 1. The molecular formula is C25H25BrN4O4S.